The van der Waals surface area contributed by atoms with E-state index >= 15 is 0 Å². The largest absolute Gasteiger partial charge is 0.459 e. The van der Waals surface area contributed by atoms with Gasteiger partial charge in [0.05, 0.1) is 16.8 Å². The van der Waals surface area contributed by atoms with Crippen LogP contribution >= 0.6 is 11.6 Å². The number of aromatic nitrogens is 5. The fourth-order valence-electron chi connectivity index (χ4n) is 3.13. The monoisotopic (exact) mass is 526 g/mol. The molecular formula is C19H14ClF7N6O2. The fourth-order valence-corrected chi connectivity index (χ4v) is 3.34. The van der Waals surface area contributed by atoms with Crippen LogP contribution in [-0.2, 0) is 13.0 Å². The van der Waals surface area contributed by atoms with Crippen molar-refractivity contribution in [3.63, 3.8) is 0 Å². The van der Waals surface area contributed by atoms with Crippen molar-refractivity contribution in [3.05, 3.63) is 40.7 Å². The second-order valence-corrected chi connectivity index (χ2v) is 7.97. The first-order valence-electron chi connectivity index (χ1n) is 9.80. The third kappa shape index (κ3) is 4.76. The van der Waals surface area contributed by atoms with Gasteiger partial charge in [-0.05, 0) is 25.0 Å². The van der Waals surface area contributed by atoms with Crippen molar-refractivity contribution in [2.24, 2.45) is 7.05 Å². The molecule has 0 atom stereocenters. The van der Waals surface area contributed by atoms with E-state index in [9.17, 15) is 35.5 Å². The molecule has 2 aromatic heterocycles. The molecule has 0 unspecified atom stereocenters. The minimum absolute atomic E-state index is 0.0236. The van der Waals surface area contributed by atoms with E-state index in [1.54, 1.807) is 0 Å². The highest BCUT2D eigenvalue weighted by molar-refractivity contribution is 6.34. The Balaban J connectivity index is 1.75. The minimum Gasteiger partial charge on any atom is -0.428 e. The van der Waals surface area contributed by atoms with E-state index in [-0.39, 0.29) is 27.9 Å². The molecule has 0 radical (unpaired) electrons. The van der Waals surface area contributed by atoms with Crippen molar-refractivity contribution in [2.45, 2.75) is 37.6 Å². The molecule has 4 rings (SSSR count). The maximum absolute atomic E-state index is 14.0. The van der Waals surface area contributed by atoms with E-state index in [4.69, 9.17) is 11.6 Å². The Morgan fingerprint density at radius 1 is 1.23 bits per heavy atom. The summed E-state index contributed by atoms with van der Waals surface area (Å²) in [7, 11) is 0.938. The van der Waals surface area contributed by atoms with Gasteiger partial charge < -0.3 is 10.1 Å². The van der Waals surface area contributed by atoms with Crippen LogP contribution in [0.3, 0.4) is 0 Å². The van der Waals surface area contributed by atoms with E-state index < -0.39 is 41.9 Å². The fraction of sp³-hybridized carbons (Fsp3) is 0.368. The number of carbonyl (C=O) groups is 1. The van der Waals surface area contributed by atoms with E-state index in [2.05, 4.69) is 25.5 Å². The third-order valence-corrected chi connectivity index (χ3v) is 5.29. The molecule has 0 aliphatic heterocycles. The van der Waals surface area contributed by atoms with Gasteiger partial charge in [-0.1, -0.05) is 22.9 Å². The van der Waals surface area contributed by atoms with Gasteiger partial charge in [0.2, 0.25) is 0 Å². The number of hydrogen-bond acceptors (Lipinski definition) is 5. The van der Waals surface area contributed by atoms with Crippen molar-refractivity contribution < 1.29 is 40.3 Å². The zero-order chi connectivity index (χ0) is 25.7. The summed E-state index contributed by atoms with van der Waals surface area (Å²) in [6, 6.07) is 4.27. The Morgan fingerprint density at radius 2 is 1.91 bits per heavy atom. The summed E-state index contributed by atoms with van der Waals surface area (Å²) in [5, 5.41) is 13.4. The zero-order valence-corrected chi connectivity index (χ0v) is 18.2. The second-order valence-electron chi connectivity index (χ2n) is 7.57. The molecule has 1 saturated carbocycles. The highest BCUT2D eigenvalue weighted by Crippen LogP contribution is 2.48. The Bertz CT molecular complexity index is 1270. The van der Waals surface area contributed by atoms with E-state index in [1.165, 1.54) is 18.2 Å². The minimum atomic E-state index is -6.13. The van der Waals surface area contributed by atoms with Crippen LogP contribution < -0.4 is 10.1 Å². The van der Waals surface area contributed by atoms with Gasteiger partial charge in [-0.2, -0.15) is 40.5 Å². The lowest BCUT2D eigenvalue weighted by atomic mass is 10.1. The van der Waals surface area contributed by atoms with E-state index in [0.717, 1.165) is 26.1 Å². The molecule has 1 fully saturated rings. The lowest BCUT2D eigenvalue weighted by molar-refractivity contribution is -0.291. The summed E-state index contributed by atoms with van der Waals surface area (Å²) in [5.74, 6) is -8.33. The quantitative estimate of drug-likeness (QED) is 0.459. The molecule has 188 valence electrons. The Morgan fingerprint density at radius 3 is 2.51 bits per heavy atom. The molecule has 2 heterocycles. The number of halogens is 8. The van der Waals surface area contributed by atoms with Gasteiger partial charge >= 0.3 is 18.7 Å². The first-order chi connectivity index (χ1) is 16.3. The summed E-state index contributed by atoms with van der Waals surface area (Å²) in [5.41, 5.74) is -1.65. The molecule has 0 saturated heterocycles. The molecule has 3 aromatic rings. The van der Waals surface area contributed by atoms with Crippen molar-refractivity contribution >= 4 is 17.5 Å². The molecule has 8 nitrogen and oxygen atoms in total. The highest BCUT2D eigenvalue weighted by atomic mass is 35.5. The first kappa shape index (κ1) is 24.8. The van der Waals surface area contributed by atoms with Crippen LogP contribution in [-0.4, -0.2) is 49.5 Å². The number of ether oxygens (including phenoxy) is 1. The van der Waals surface area contributed by atoms with Gasteiger partial charge in [-0.3, -0.25) is 4.79 Å². The number of nitrogens with zero attached hydrogens (tertiary/aromatic N) is 5. The maximum atomic E-state index is 14.0. The second kappa shape index (κ2) is 8.70. The van der Waals surface area contributed by atoms with Crippen molar-refractivity contribution in [1.29, 1.82) is 0 Å². The van der Waals surface area contributed by atoms with Crippen LogP contribution in [0.1, 0.15) is 28.9 Å². The average Bonchev–Trinajstić information content (AvgIpc) is 3.32. The smallest absolute Gasteiger partial charge is 0.428 e. The Kier molecular flexibility index (Phi) is 6.15. The van der Waals surface area contributed by atoms with E-state index in [0.29, 0.717) is 9.36 Å². The van der Waals surface area contributed by atoms with Crippen LogP contribution in [0.2, 0.25) is 5.02 Å². The van der Waals surface area contributed by atoms with Crippen molar-refractivity contribution in [3.8, 4) is 22.8 Å². The molecule has 35 heavy (non-hydrogen) atoms. The number of alkyl halides is 7. The highest BCUT2D eigenvalue weighted by Gasteiger charge is 2.62. The summed E-state index contributed by atoms with van der Waals surface area (Å²) < 4.78 is 97.7. The lowest BCUT2D eigenvalue weighted by Gasteiger charge is -2.18. The number of amides is 1. The third-order valence-electron chi connectivity index (χ3n) is 4.96. The summed E-state index contributed by atoms with van der Waals surface area (Å²) in [4.78, 5) is 12.4. The van der Waals surface area contributed by atoms with E-state index in [1.807, 2.05) is 0 Å². The predicted octanol–water partition coefficient (Wildman–Crippen LogP) is 4.47. The first-order valence-corrected chi connectivity index (χ1v) is 10.2. The number of benzene rings is 1. The van der Waals surface area contributed by atoms with Gasteiger partial charge in [-0.15, -0.1) is 5.10 Å². The number of nitrogens with one attached hydrogen (secondary N) is 1. The standard InChI is InChI=1S/C19H14ClF7N6O2/c1-32-16(13(35-17(21)22)14(30-32)18(23,24)19(25,26)27)33-7-12(29-31-33)8-2-5-11(20)10(6-8)15(34)28-9-3-4-9/h2,5-7,9,17H,3-4H2,1H3,(H,28,34). The molecule has 16 heteroatoms. The normalized spacial score (nSPS) is 14.5. The van der Waals surface area contributed by atoms with Gasteiger partial charge in [0.25, 0.3) is 5.91 Å². The molecular weight excluding hydrogens is 513 g/mol. The van der Waals surface area contributed by atoms with Crippen LogP contribution in [0.15, 0.2) is 24.4 Å². The Hall–Kier alpha value is -3.36. The van der Waals surface area contributed by atoms with Gasteiger partial charge in [-0.25, -0.2) is 4.68 Å². The van der Waals surface area contributed by atoms with Crippen LogP contribution in [0.25, 0.3) is 17.1 Å². The summed E-state index contributed by atoms with van der Waals surface area (Å²) >= 11 is 6.09. The van der Waals surface area contributed by atoms with Crippen LogP contribution in [0.4, 0.5) is 30.7 Å². The Labute approximate surface area is 196 Å². The molecule has 0 bridgehead atoms. The SMILES string of the molecule is Cn1nc(C(F)(F)C(F)(F)F)c(OC(F)F)c1-n1cc(-c2ccc(Cl)c(C(=O)NC3CC3)c2)nn1. The van der Waals surface area contributed by atoms with Crippen molar-refractivity contribution in [1.82, 2.24) is 30.1 Å². The topological polar surface area (TPSA) is 86.9 Å². The van der Waals surface area contributed by atoms with Gasteiger partial charge in [0, 0.05) is 18.7 Å². The molecule has 0 spiro atoms. The number of carbonyl (C=O) groups excluding carboxylic acids is 1. The van der Waals surface area contributed by atoms with Crippen LogP contribution in [0, 0.1) is 0 Å². The summed E-state index contributed by atoms with van der Waals surface area (Å²) in [6.45, 7) is -3.74. The zero-order valence-electron chi connectivity index (χ0n) is 17.5. The van der Waals surface area contributed by atoms with Crippen LogP contribution in [0.5, 0.6) is 5.75 Å². The van der Waals surface area contributed by atoms with Crippen molar-refractivity contribution in [2.75, 3.05) is 0 Å². The number of hydrogen-bond donors (Lipinski definition) is 1. The molecule has 1 aliphatic rings. The molecule has 1 amide bonds. The average molecular weight is 527 g/mol. The molecule has 1 N–H and O–H groups in total. The predicted molar refractivity (Wildman–Crippen MR) is 106 cm³/mol. The number of rotatable bonds is 7. The maximum Gasteiger partial charge on any atom is 0.459 e. The molecule has 1 aliphatic carbocycles. The van der Waals surface area contributed by atoms with Gasteiger partial charge in [0.1, 0.15) is 5.69 Å². The number of aryl methyl sites for hydroxylation is 1. The summed E-state index contributed by atoms with van der Waals surface area (Å²) in [6.07, 6.45) is -3.41. The van der Waals surface area contributed by atoms with Gasteiger partial charge in [0.15, 0.2) is 17.3 Å². The molecule has 1 aromatic carbocycles. The lowest BCUT2D eigenvalue weighted by Crippen LogP contribution is -2.34.